The molecule has 0 bridgehead atoms. The van der Waals surface area contributed by atoms with Crippen molar-refractivity contribution < 1.29 is 0 Å². The molecule has 7 heteroatoms. The lowest BCUT2D eigenvalue weighted by atomic mass is 10.1. The number of hydrogen-bond donors (Lipinski definition) is 1. The molecule has 2 aromatic rings. The lowest BCUT2D eigenvalue weighted by molar-refractivity contribution is 0.569. The Balaban J connectivity index is 1.67. The van der Waals surface area contributed by atoms with Gasteiger partial charge >= 0.3 is 5.69 Å². The van der Waals surface area contributed by atoms with Gasteiger partial charge in [-0.1, -0.05) is 65.3 Å². The first kappa shape index (κ1) is 18.1. The van der Waals surface area contributed by atoms with Gasteiger partial charge in [0, 0.05) is 16.6 Å². The van der Waals surface area contributed by atoms with Gasteiger partial charge < -0.3 is 5.32 Å². The Hall–Kier alpha value is -2.93. The predicted molar refractivity (Wildman–Crippen MR) is 117 cm³/mol. The number of nitrogens with zero attached hydrogens (tertiary/aromatic N) is 4. The Labute approximate surface area is 176 Å². The number of benzene rings is 2. The van der Waals surface area contributed by atoms with Gasteiger partial charge in [0.1, 0.15) is 11.5 Å². The molecule has 1 N–H and O–H groups in total. The van der Waals surface area contributed by atoms with Gasteiger partial charge in [-0.05, 0) is 24.1 Å². The Bertz CT molecular complexity index is 1200. The third-order valence-corrected chi connectivity index (χ3v) is 5.81. The van der Waals surface area contributed by atoms with E-state index in [9.17, 15) is 4.79 Å². The fourth-order valence-corrected chi connectivity index (χ4v) is 4.14. The fraction of sp³-hybridized carbons (Fsp3) is 0.227. The highest BCUT2D eigenvalue weighted by Crippen LogP contribution is 2.36. The van der Waals surface area contributed by atoms with Gasteiger partial charge in [-0.25, -0.2) is 14.8 Å². The molecular formula is C22H20BrN5O. The van der Waals surface area contributed by atoms with E-state index in [-0.39, 0.29) is 11.7 Å². The van der Waals surface area contributed by atoms with E-state index in [0.29, 0.717) is 24.7 Å². The molecule has 0 saturated heterocycles. The lowest BCUT2D eigenvalue weighted by Gasteiger charge is -2.13. The Morgan fingerprint density at radius 3 is 2.59 bits per heavy atom. The number of rotatable bonds is 4. The van der Waals surface area contributed by atoms with E-state index in [1.807, 2.05) is 42.5 Å². The van der Waals surface area contributed by atoms with Crippen molar-refractivity contribution in [3.63, 3.8) is 0 Å². The molecule has 0 fully saturated rings. The minimum absolute atomic E-state index is 0.0393. The van der Waals surface area contributed by atoms with Gasteiger partial charge in [-0.2, -0.15) is 0 Å². The van der Waals surface area contributed by atoms with Crippen LogP contribution in [0.5, 0.6) is 0 Å². The van der Waals surface area contributed by atoms with E-state index in [1.54, 1.807) is 9.13 Å². The topological polar surface area (TPSA) is 64.7 Å². The van der Waals surface area contributed by atoms with Crippen molar-refractivity contribution in [2.24, 2.45) is 0 Å². The molecule has 0 aromatic heterocycles. The smallest absolute Gasteiger partial charge is 0.331 e. The Morgan fingerprint density at radius 1 is 1.10 bits per heavy atom. The Morgan fingerprint density at radius 2 is 1.86 bits per heavy atom. The predicted octanol–water partition coefficient (Wildman–Crippen LogP) is 4.55. The molecule has 29 heavy (non-hydrogen) atoms. The average molecular weight is 450 g/mol. The zero-order valence-corrected chi connectivity index (χ0v) is 17.6. The molecule has 3 heterocycles. The quantitative estimate of drug-likeness (QED) is 0.496. The lowest BCUT2D eigenvalue weighted by Crippen LogP contribution is -2.31. The number of fused-ring (bicyclic) bond motifs is 3. The van der Waals surface area contributed by atoms with Crippen molar-refractivity contribution in [3.8, 4) is 22.9 Å². The minimum Gasteiger partial charge on any atom is -0.361 e. The van der Waals surface area contributed by atoms with Crippen LogP contribution in [0, 0.1) is 0 Å². The fourth-order valence-electron chi connectivity index (χ4n) is 3.88. The first-order chi connectivity index (χ1) is 14.2. The molecule has 2 aromatic carbocycles. The molecule has 0 saturated carbocycles. The number of anilines is 1. The first-order valence-corrected chi connectivity index (χ1v) is 10.5. The van der Waals surface area contributed by atoms with Crippen LogP contribution in [0.4, 0.5) is 5.82 Å². The van der Waals surface area contributed by atoms with Crippen LogP contribution in [0.25, 0.3) is 22.9 Å². The highest BCUT2D eigenvalue weighted by atomic mass is 79.9. The second kappa shape index (κ2) is 7.15. The summed E-state index contributed by atoms with van der Waals surface area (Å²) in [4.78, 5) is 22.8. The average Bonchev–Trinajstić information content (AvgIpc) is 3.37. The van der Waals surface area contributed by atoms with Crippen LogP contribution in [0.3, 0.4) is 0 Å². The van der Waals surface area contributed by atoms with Gasteiger partial charge in [-0.3, -0.25) is 9.13 Å². The second-order valence-electron chi connectivity index (χ2n) is 7.23. The van der Waals surface area contributed by atoms with Gasteiger partial charge in [0.2, 0.25) is 0 Å². The van der Waals surface area contributed by atoms with E-state index in [4.69, 9.17) is 9.97 Å². The Kier molecular flexibility index (Phi) is 4.47. The molecule has 0 radical (unpaired) electrons. The van der Waals surface area contributed by atoms with Crippen molar-refractivity contribution in [2.75, 3.05) is 5.32 Å². The van der Waals surface area contributed by atoms with Crippen LogP contribution in [0.2, 0.25) is 0 Å². The van der Waals surface area contributed by atoms with E-state index in [0.717, 1.165) is 33.5 Å². The molecule has 0 amide bonds. The summed E-state index contributed by atoms with van der Waals surface area (Å²) < 4.78 is 4.56. The minimum atomic E-state index is -0.0393. The maximum Gasteiger partial charge on any atom is 0.331 e. The van der Waals surface area contributed by atoms with Crippen LogP contribution in [-0.2, 0) is 13.1 Å². The first-order valence-electron chi connectivity index (χ1n) is 9.74. The van der Waals surface area contributed by atoms with Crippen molar-refractivity contribution >= 4 is 21.7 Å². The molecular weight excluding hydrogens is 430 g/mol. The van der Waals surface area contributed by atoms with Gasteiger partial charge in [0.15, 0.2) is 11.6 Å². The molecule has 5 rings (SSSR count). The number of imidazole rings is 1. The van der Waals surface area contributed by atoms with Crippen LogP contribution in [0.1, 0.15) is 24.9 Å². The van der Waals surface area contributed by atoms with Gasteiger partial charge in [0.25, 0.3) is 0 Å². The van der Waals surface area contributed by atoms with Crippen molar-refractivity contribution in [1.29, 1.82) is 0 Å². The van der Waals surface area contributed by atoms with Gasteiger partial charge in [-0.15, -0.1) is 0 Å². The normalized spacial score (nSPS) is 15.4. The SMILES string of the molecule is CCCn1c2nc(-c3ccc(Br)cc3)nc-2c2n(c1=O)C[C@@H](c1ccccc1)N2. The van der Waals surface area contributed by atoms with Crippen LogP contribution in [0.15, 0.2) is 63.9 Å². The standard InChI is InChI=1S/C22H20BrN5O/c1-2-12-27-21-18(25-19(26-21)15-8-10-16(23)11-9-15)20-24-17(13-28(20)22(27)29)14-6-4-3-5-7-14/h3-11,17,24H,2,12-13H2,1H3/t17-/m0/s1. The van der Waals surface area contributed by atoms with E-state index in [1.165, 1.54) is 0 Å². The zero-order valence-electron chi connectivity index (χ0n) is 16.0. The number of halogens is 1. The second-order valence-corrected chi connectivity index (χ2v) is 8.14. The summed E-state index contributed by atoms with van der Waals surface area (Å²) in [6.07, 6.45) is 0.852. The summed E-state index contributed by atoms with van der Waals surface area (Å²) >= 11 is 3.46. The number of aromatic nitrogens is 4. The molecule has 3 aliphatic rings. The molecule has 6 nitrogen and oxygen atoms in total. The highest BCUT2D eigenvalue weighted by molar-refractivity contribution is 9.10. The molecule has 0 spiro atoms. The van der Waals surface area contributed by atoms with Crippen molar-refractivity contribution in [2.45, 2.75) is 32.5 Å². The van der Waals surface area contributed by atoms with Crippen LogP contribution in [-0.4, -0.2) is 19.1 Å². The van der Waals surface area contributed by atoms with Gasteiger partial charge in [0.05, 0.1) is 12.6 Å². The monoisotopic (exact) mass is 449 g/mol. The van der Waals surface area contributed by atoms with Crippen molar-refractivity contribution in [1.82, 2.24) is 19.1 Å². The summed E-state index contributed by atoms with van der Waals surface area (Å²) in [5.41, 5.74) is 2.78. The molecule has 1 atom stereocenters. The van der Waals surface area contributed by atoms with E-state index < -0.39 is 0 Å². The largest absolute Gasteiger partial charge is 0.361 e. The van der Waals surface area contributed by atoms with E-state index in [2.05, 4.69) is 40.3 Å². The molecule has 146 valence electrons. The van der Waals surface area contributed by atoms with Crippen LogP contribution < -0.4 is 11.0 Å². The summed E-state index contributed by atoms with van der Waals surface area (Å²) in [5.74, 6) is 2.03. The highest BCUT2D eigenvalue weighted by Gasteiger charge is 2.32. The van der Waals surface area contributed by atoms with E-state index >= 15 is 0 Å². The summed E-state index contributed by atoms with van der Waals surface area (Å²) in [6, 6.07) is 18.1. The van der Waals surface area contributed by atoms with Crippen LogP contribution >= 0.6 is 15.9 Å². The third-order valence-electron chi connectivity index (χ3n) is 5.28. The summed E-state index contributed by atoms with van der Waals surface area (Å²) in [6.45, 7) is 3.26. The summed E-state index contributed by atoms with van der Waals surface area (Å²) in [7, 11) is 0. The molecule has 0 aliphatic carbocycles. The number of hydrogen-bond acceptors (Lipinski definition) is 4. The zero-order chi connectivity index (χ0) is 20.0. The summed E-state index contributed by atoms with van der Waals surface area (Å²) in [5, 5.41) is 3.52. The van der Waals surface area contributed by atoms with Crippen molar-refractivity contribution in [3.05, 3.63) is 75.1 Å². The molecule has 3 aliphatic heterocycles. The molecule has 0 unspecified atom stereocenters. The number of nitrogens with one attached hydrogen (secondary N) is 1. The maximum absolute atomic E-state index is 13.2. The third kappa shape index (κ3) is 3.06. The maximum atomic E-state index is 13.2.